The van der Waals surface area contributed by atoms with Crippen LogP contribution in [-0.4, -0.2) is 0 Å². The van der Waals surface area contributed by atoms with Gasteiger partial charge in [0.1, 0.15) is 0 Å². The van der Waals surface area contributed by atoms with Crippen molar-refractivity contribution in [3.63, 3.8) is 0 Å². The third-order valence-electron chi connectivity index (χ3n) is 9.50. The van der Waals surface area contributed by atoms with E-state index in [-0.39, 0.29) is 0 Å². The Balaban J connectivity index is 1.29. The van der Waals surface area contributed by atoms with E-state index >= 15 is 0 Å². The standard InChI is InChI=1S/C42H24/c1-5-26-15-17-31-23-33(24-32-18-16-27(6-1)38(26)40(31)32)34-11-3-9-25-10-4-12-36(41(25)34)35-21-19-30-14-13-28-7-2-8-29-20-22-37(35)42(30)39(28)29/h1-24H. The normalized spacial score (nSPS) is 12.3. The third kappa shape index (κ3) is 2.91. The molecule has 0 nitrogen and oxygen atoms in total. The summed E-state index contributed by atoms with van der Waals surface area (Å²) >= 11 is 0. The minimum Gasteiger partial charge on any atom is -0.0610 e. The maximum atomic E-state index is 2.39. The molecule has 0 aromatic heterocycles. The lowest BCUT2D eigenvalue weighted by Crippen LogP contribution is -1.90. The van der Waals surface area contributed by atoms with Crippen LogP contribution in [0.4, 0.5) is 0 Å². The number of hydrogen-bond donors (Lipinski definition) is 0. The molecular weight excluding hydrogens is 504 g/mol. The lowest BCUT2D eigenvalue weighted by atomic mass is 9.85. The van der Waals surface area contributed by atoms with Crippen molar-refractivity contribution in [3.05, 3.63) is 146 Å². The van der Waals surface area contributed by atoms with Crippen LogP contribution in [0, 0.1) is 0 Å². The summed E-state index contributed by atoms with van der Waals surface area (Å²) < 4.78 is 0. The molecule has 192 valence electrons. The fraction of sp³-hybridized carbons (Fsp3) is 0. The smallest absolute Gasteiger partial charge is 0.00206 e. The van der Waals surface area contributed by atoms with Crippen LogP contribution in [0.2, 0.25) is 0 Å². The van der Waals surface area contributed by atoms with Gasteiger partial charge in [-0.15, -0.1) is 0 Å². The Morgan fingerprint density at radius 1 is 0.238 bits per heavy atom. The Labute approximate surface area is 242 Å². The zero-order chi connectivity index (χ0) is 27.4. The Hall–Kier alpha value is -5.46. The summed E-state index contributed by atoms with van der Waals surface area (Å²) in [6.45, 7) is 0. The lowest BCUT2D eigenvalue weighted by molar-refractivity contribution is 1.67. The summed E-state index contributed by atoms with van der Waals surface area (Å²) in [6, 6.07) is 54.4. The highest BCUT2D eigenvalue weighted by atomic mass is 14.2. The Bertz CT molecular complexity index is 2590. The van der Waals surface area contributed by atoms with Crippen LogP contribution in [0.25, 0.3) is 97.7 Å². The van der Waals surface area contributed by atoms with E-state index in [2.05, 4.69) is 146 Å². The highest BCUT2D eigenvalue weighted by molar-refractivity contribution is 6.27. The van der Waals surface area contributed by atoms with Crippen molar-refractivity contribution in [1.29, 1.82) is 0 Å². The van der Waals surface area contributed by atoms with Gasteiger partial charge in [-0.05, 0) is 110 Å². The molecule has 0 atom stereocenters. The number of rotatable bonds is 2. The van der Waals surface area contributed by atoms with Crippen LogP contribution in [0.3, 0.4) is 0 Å². The SMILES string of the molecule is c1cc(-c2cc3ccc4cccc5ccc(c2)c3c45)c2c(-c3ccc4ccc5cccc6ccc3c4c56)cccc2c1. The van der Waals surface area contributed by atoms with Crippen molar-refractivity contribution in [2.45, 2.75) is 0 Å². The van der Waals surface area contributed by atoms with E-state index in [9.17, 15) is 0 Å². The van der Waals surface area contributed by atoms with Crippen molar-refractivity contribution in [1.82, 2.24) is 0 Å². The lowest BCUT2D eigenvalue weighted by Gasteiger charge is -2.18. The van der Waals surface area contributed by atoms with Crippen LogP contribution >= 0.6 is 0 Å². The first kappa shape index (κ1) is 22.3. The largest absolute Gasteiger partial charge is 0.0610 e. The molecule has 0 aliphatic heterocycles. The highest BCUT2D eigenvalue weighted by Gasteiger charge is 2.17. The van der Waals surface area contributed by atoms with E-state index in [0.717, 1.165) is 0 Å². The molecule has 0 bridgehead atoms. The topological polar surface area (TPSA) is 0 Å². The summed E-state index contributed by atoms with van der Waals surface area (Å²) in [5, 5.41) is 18.4. The Morgan fingerprint density at radius 2 is 0.643 bits per heavy atom. The van der Waals surface area contributed by atoms with E-state index in [4.69, 9.17) is 0 Å². The van der Waals surface area contributed by atoms with Gasteiger partial charge in [0, 0.05) is 0 Å². The molecule has 0 aliphatic rings. The molecule has 0 amide bonds. The molecule has 0 saturated carbocycles. The first-order valence-corrected chi connectivity index (χ1v) is 14.7. The van der Waals surface area contributed by atoms with Gasteiger partial charge in [0.05, 0.1) is 0 Å². The van der Waals surface area contributed by atoms with Crippen LogP contribution < -0.4 is 0 Å². The first-order chi connectivity index (χ1) is 20.8. The van der Waals surface area contributed by atoms with Gasteiger partial charge < -0.3 is 0 Å². The fourth-order valence-corrected chi connectivity index (χ4v) is 7.69. The zero-order valence-electron chi connectivity index (χ0n) is 22.9. The maximum Gasteiger partial charge on any atom is -0.00206 e. The molecule has 0 heterocycles. The average Bonchev–Trinajstić information content (AvgIpc) is 3.05. The van der Waals surface area contributed by atoms with E-state index in [0.29, 0.717) is 0 Å². The predicted octanol–water partition coefficient (Wildman–Crippen LogP) is 12.0. The predicted molar refractivity (Wildman–Crippen MR) is 182 cm³/mol. The summed E-state index contributed by atoms with van der Waals surface area (Å²) in [6.07, 6.45) is 0. The molecule has 10 rings (SSSR count). The molecule has 0 N–H and O–H groups in total. The number of benzene rings is 10. The maximum absolute atomic E-state index is 2.39. The second kappa shape index (κ2) is 8.06. The van der Waals surface area contributed by atoms with Crippen LogP contribution in [0.15, 0.2) is 146 Å². The van der Waals surface area contributed by atoms with Gasteiger partial charge in [0.15, 0.2) is 0 Å². The fourth-order valence-electron chi connectivity index (χ4n) is 7.69. The molecule has 0 fully saturated rings. The van der Waals surface area contributed by atoms with Gasteiger partial charge in [0.25, 0.3) is 0 Å². The van der Waals surface area contributed by atoms with Gasteiger partial charge in [0.2, 0.25) is 0 Å². The van der Waals surface area contributed by atoms with Gasteiger partial charge in [-0.3, -0.25) is 0 Å². The van der Waals surface area contributed by atoms with Crippen molar-refractivity contribution in [2.24, 2.45) is 0 Å². The van der Waals surface area contributed by atoms with Crippen molar-refractivity contribution in [2.75, 3.05) is 0 Å². The van der Waals surface area contributed by atoms with Crippen molar-refractivity contribution >= 4 is 75.4 Å². The molecule has 0 spiro atoms. The first-order valence-electron chi connectivity index (χ1n) is 14.7. The second-order valence-corrected chi connectivity index (χ2v) is 11.7. The van der Waals surface area contributed by atoms with Gasteiger partial charge in [-0.2, -0.15) is 0 Å². The molecule has 0 unspecified atom stereocenters. The number of hydrogen-bond acceptors (Lipinski definition) is 0. The zero-order valence-corrected chi connectivity index (χ0v) is 22.9. The van der Waals surface area contributed by atoms with Crippen LogP contribution in [0.1, 0.15) is 0 Å². The molecule has 0 saturated heterocycles. The van der Waals surface area contributed by atoms with E-state index in [1.165, 1.54) is 97.7 Å². The highest BCUT2D eigenvalue weighted by Crippen LogP contribution is 2.44. The minimum atomic E-state index is 1.26. The molecule has 10 aromatic rings. The summed E-state index contributed by atoms with van der Waals surface area (Å²) in [5.41, 5.74) is 5.11. The van der Waals surface area contributed by atoms with Crippen molar-refractivity contribution < 1.29 is 0 Å². The quantitative estimate of drug-likeness (QED) is 0.196. The summed E-state index contributed by atoms with van der Waals surface area (Å²) in [5.74, 6) is 0. The third-order valence-corrected chi connectivity index (χ3v) is 9.50. The van der Waals surface area contributed by atoms with Gasteiger partial charge in [-0.1, -0.05) is 133 Å². The summed E-state index contributed by atoms with van der Waals surface area (Å²) in [7, 11) is 0. The molecule has 0 heteroatoms. The van der Waals surface area contributed by atoms with Crippen LogP contribution in [-0.2, 0) is 0 Å². The Kier molecular flexibility index (Phi) is 4.27. The van der Waals surface area contributed by atoms with Gasteiger partial charge in [-0.25, -0.2) is 0 Å². The van der Waals surface area contributed by atoms with E-state index in [1.807, 2.05) is 0 Å². The van der Waals surface area contributed by atoms with E-state index < -0.39 is 0 Å². The molecule has 0 radical (unpaired) electrons. The second-order valence-electron chi connectivity index (χ2n) is 11.7. The van der Waals surface area contributed by atoms with Gasteiger partial charge >= 0.3 is 0 Å². The van der Waals surface area contributed by atoms with Crippen LogP contribution in [0.5, 0.6) is 0 Å². The number of fused-ring (bicyclic) bond motifs is 1. The Morgan fingerprint density at radius 3 is 1.26 bits per heavy atom. The minimum absolute atomic E-state index is 1.26. The molecular formula is C42H24. The summed E-state index contributed by atoms with van der Waals surface area (Å²) in [4.78, 5) is 0. The monoisotopic (exact) mass is 528 g/mol. The molecule has 42 heavy (non-hydrogen) atoms. The molecule has 10 aromatic carbocycles. The molecule has 0 aliphatic carbocycles. The van der Waals surface area contributed by atoms with E-state index in [1.54, 1.807) is 0 Å². The average molecular weight is 529 g/mol. The van der Waals surface area contributed by atoms with Crippen molar-refractivity contribution in [3.8, 4) is 22.3 Å².